The van der Waals surface area contributed by atoms with Crippen LogP contribution in [0.3, 0.4) is 0 Å². The molecule has 1 aromatic carbocycles. The van der Waals surface area contributed by atoms with Gasteiger partial charge < -0.3 is 9.80 Å². The van der Waals surface area contributed by atoms with Gasteiger partial charge in [-0.2, -0.15) is 0 Å². The number of rotatable bonds is 3. The average molecular weight is 350 g/mol. The first-order chi connectivity index (χ1) is 12.7. The van der Waals surface area contributed by atoms with Gasteiger partial charge in [0.25, 0.3) is 5.91 Å². The van der Waals surface area contributed by atoms with Crippen molar-refractivity contribution in [2.24, 2.45) is 0 Å². The predicted molar refractivity (Wildman–Crippen MR) is 103 cm³/mol. The van der Waals surface area contributed by atoms with Crippen LogP contribution in [0.25, 0.3) is 0 Å². The molecule has 0 saturated carbocycles. The zero-order chi connectivity index (χ0) is 18.1. The molecule has 3 heterocycles. The third kappa shape index (κ3) is 2.96. The van der Waals surface area contributed by atoms with Gasteiger partial charge in [0.1, 0.15) is 17.8 Å². The van der Waals surface area contributed by atoms with Crippen LogP contribution in [0.5, 0.6) is 0 Å². The highest BCUT2D eigenvalue weighted by atomic mass is 16.2. The summed E-state index contributed by atoms with van der Waals surface area (Å²) in [7, 11) is 0. The second-order valence-electron chi connectivity index (χ2n) is 7.37. The van der Waals surface area contributed by atoms with Crippen LogP contribution in [0.2, 0.25) is 0 Å². The molecule has 1 saturated heterocycles. The van der Waals surface area contributed by atoms with E-state index in [1.807, 2.05) is 11.0 Å². The van der Waals surface area contributed by atoms with Crippen molar-refractivity contribution < 1.29 is 4.79 Å². The molecule has 2 atom stereocenters. The van der Waals surface area contributed by atoms with Gasteiger partial charge in [-0.1, -0.05) is 25.1 Å². The van der Waals surface area contributed by atoms with Gasteiger partial charge in [-0.05, 0) is 50.7 Å². The number of carbonyl (C=O) groups is 1. The smallest absolute Gasteiger partial charge is 0.272 e. The fraction of sp³-hybridized carbons (Fsp3) is 0.476. The van der Waals surface area contributed by atoms with Crippen molar-refractivity contribution in [1.29, 1.82) is 0 Å². The fourth-order valence-electron chi connectivity index (χ4n) is 4.35. The van der Waals surface area contributed by atoms with Gasteiger partial charge in [-0.15, -0.1) is 0 Å². The van der Waals surface area contributed by atoms with E-state index < -0.39 is 0 Å². The lowest BCUT2D eigenvalue weighted by Crippen LogP contribution is -2.43. The molecule has 1 aromatic heterocycles. The van der Waals surface area contributed by atoms with Crippen LogP contribution in [0, 0.1) is 0 Å². The van der Waals surface area contributed by atoms with Crippen LogP contribution in [0.15, 0.2) is 36.7 Å². The number of amides is 1. The molecule has 0 bridgehead atoms. The summed E-state index contributed by atoms with van der Waals surface area (Å²) in [5, 5.41) is 0. The van der Waals surface area contributed by atoms with Crippen molar-refractivity contribution in [3.63, 3.8) is 0 Å². The Morgan fingerprint density at radius 1 is 1.23 bits per heavy atom. The molecule has 2 aromatic rings. The van der Waals surface area contributed by atoms with E-state index in [1.165, 1.54) is 24.0 Å². The lowest BCUT2D eigenvalue weighted by Gasteiger charge is -2.35. The maximum Gasteiger partial charge on any atom is 0.272 e. The van der Waals surface area contributed by atoms with Crippen molar-refractivity contribution in [2.75, 3.05) is 11.4 Å². The van der Waals surface area contributed by atoms with Gasteiger partial charge in [0.2, 0.25) is 0 Å². The second-order valence-corrected chi connectivity index (χ2v) is 7.37. The number of piperidine rings is 1. The number of anilines is 2. The largest absolute Gasteiger partial charge is 0.334 e. The number of hydrogen-bond donors (Lipinski definition) is 0. The van der Waals surface area contributed by atoms with Gasteiger partial charge in [-0.3, -0.25) is 4.79 Å². The first kappa shape index (κ1) is 17.0. The van der Waals surface area contributed by atoms with Gasteiger partial charge in [0.05, 0.1) is 0 Å². The van der Waals surface area contributed by atoms with Crippen LogP contribution in [0.4, 0.5) is 11.5 Å². The maximum absolute atomic E-state index is 13.1. The van der Waals surface area contributed by atoms with Crippen molar-refractivity contribution >= 4 is 17.4 Å². The third-order valence-corrected chi connectivity index (χ3v) is 5.69. The number of benzene rings is 1. The van der Waals surface area contributed by atoms with Crippen molar-refractivity contribution in [2.45, 2.75) is 58.0 Å². The van der Waals surface area contributed by atoms with Gasteiger partial charge in [0, 0.05) is 30.4 Å². The molecule has 2 aliphatic heterocycles. The molecular weight excluding hydrogens is 324 g/mol. The van der Waals surface area contributed by atoms with E-state index in [0.29, 0.717) is 17.8 Å². The van der Waals surface area contributed by atoms with Gasteiger partial charge in [0.15, 0.2) is 0 Å². The fourth-order valence-corrected chi connectivity index (χ4v) is 4.35. The summed E-state index contributed by atoms with van der Waals surface area (Å²) >= 11 is 0. The molecule has 2 unspecified atom stereocenters. The van der Waals surface area contributed by atoms with E-state index >= 15 is 0 Å². The van der Waals surface area contributed by atoms with E-state index in [9.17, 15) is 4.79 Å². The Labute approximate surface area is 155 Å². The van der Waals surface area contributed by atoms with Crippen LogP contribution >= 0.6 is 0 Å². The molecule has 0 spiro atoms. The maximum atomic E-state index is 13.1. The van der Waals surface area contributed by atoms with Crippen molar-refractivity contribution in [3.05, 3.63) is 47.9 Å². The average Bonchev–Trinajstić information content (AvgIpc) is 3.03. The first-order valence-corrected chi connectivity index (χ1v) is 9.69. The van der Waals surface area contributed by atoms with E-state index in [1.54, 1.807) is 0 Å². The molecular formula is C21H26N4O. The van der Waals surface area contributed by atoms with Crippen molar-refractivity contribution in [3.8, 4) is 0 Å². The van der Waals surface area contributed by atoms with Crippen LogP contribution in [-0.2, 0) is 6.42 Å². The number of fused-ring (bicyclic) bond motifs is 1. The van der Waals surface area contributed by atoms with Crippen molar-refractivity contribution in [1.82, 2.24) is 14.9 Å². The zero-order valence-corrected chi connectivity index (χ0v) is 15.6. The van der Waals surface area contributed by atoms with Crippen LogP contribution in [-0.4, -0.2) is 39.4 Å². The molecule has 5 heteroatoms. The molecule has 136 valence electrons. The molecule has 26 heavy (non-hydrogen) atoms. The van der Waals surface area contributed by atoms with Gasteiger partial charge >= 0.3 is 0 Å². The van der Waals surface area contributed by atoms with Crippen LogP contribution in [0.1, 0.15) is 55.6 Å². The summed E-state index contributed by atoms with van der Waals surface area (Å²) in [6.45, 7) is 5.19. The summed E-state index contributed by atoms with van der Waals surface area (Å²) in [6, 6.07) is 10.9. The summed E-state index contributed by atoms with van der Waals surface area (Å²) in [5.41, 5.74) is 3.02. The quantitative estimate of drug-likeness (QED) is 0.841. The van der Waals surface area contributed by atoms with Crippen LogP contribution < -0.4 is 4.90 Å². The molecule has 0 radical (unpaired) electrons. The minimum atomic E-state index is 0.0420. The van der Waals surface area contributed by atoms with E-state index in [-0.39, 0.29) is 5.91 Å². The second kappa shape index (κ2) is 7.06. The monoisotopic (exact) mass is 350 g/mol. The lowest BCUT2D eigenvalue weighted by atomic mass is 9.99. The van der Waals surface area contributed by atoms with E-state index in [0.717, 1.165) is 38.0 Å². The highest BCUT2D eigenvalue weighted by Crippen LogP contribution is 2.37. The number of likely N-dealkylation sites (tertiary alicyclic amines) is 1. The standard InChI is InChI=1S/C21H26N4O/c1-3-17-9-6-7-11-24(17)21(26)18-13-20(23-14-22-18)25-15(2)12-16-8-4-5-10-19(16)25/h4-5,8,10,13-15,17H,3,6-7,9,11-12H2,1-2H3. The van der Waals surface area contributed by atoms with Gasteiger partial charge in [-0.25, -0.2) is 9.97 Å². The minimum absolute atomic E-state index is 0.0420. The molecule has 1 fully saturated rings. The predicted octanol–water partition coefficient (Wildman–Crippen LogP) is 3.96. The SMILES string of the molecule is CCC1CCCCN1C(=O)c1cc(N2c3ccccc3CC2C)ncn1. The lowest BCUT2D eigenvalue weighted by molar-refractivity contribution is 0.0601. The Hall–Kier alpha value is -2.43. The molecule has 2 aliphatic rings. The molecule has 1 amide bonds. The summed E-state index contributed by atoms with van der Waals surface area (Å²) in [6.07, 6.45) is 6.90. The normalized spacial score (nSPS) is 22.4. The third-order valence-electron chi connectivity index (χ3n) is 5.69. The first-order valence-electron chi connectivity index (χ1n) is 9.69. The number of nitrogens with zero attached hydrogens (tertiary/aromatic N) is 4. The zero-order valence-electron chi connectivity index (χ0n) is 15.6. The Kier molecular flexibility index (Phi) is 4.62. The number of aromatic nitrogens is 2. The Balaban J connectivity index is 1.64. The summed E-state index contributed by atoms with van der Waals surface area (Å²) in [4.78, 5) is 26.1. The van der Waals surface area contributed by atoms with E-state index in [4.69, 9.17) is 0 Å². The molecule has 0 aliphatic carbocycles. The Bertz CT molecular complexity index is 806. The summed E-state index contributed by atoms with van der Waals surface area (Å²) < 4.78 is 0. The highest BCUT2D eigenvalue weighted by molar-refractivity contribution is 5.93. The topological polar surface area (TPSA) is 49.3 Å². The number of para-hydroxylation sites is 1. The molecule has 0 N–H and O–H groups in total. The highest BCUT2D eigenvalue weighted by Gasteiger charge is 2.30. The summed E-state index contributed by atoms with van der Waals surface area (Å²) in [5.74, 6) is 0.853. The molecule has 4 rings (SSSR count). The number of hydrogen-bond acceptors (Lipinski definition) is 4. The van der Waals surface area contributed by atoms with E-state index in [2.05, 4.69) is 53.0 Å². The Morgan fingerprint density at radius 3 is 2.92 bits per heavy atom. The number of carbonyl (C=O) groups excluding carboxylic acids is 1. The Morgan fingerprint density at radius 2 is 2.08 bits per heavy atom. The minimum Gasteiger partial charge on any atom is -0.334 e. The molecule has 5 nitrogen and oxygen atoms in total.